The minimum Gasteiger partial charge on any atom is -0.457 e. The molecule has 15 nitrogen and oxygen atoms in total. The Bertz CT molecular complexity index is 2330. The van der Waals surface area contributed by atoms with Crippen LogP contribution in [0, 0.1) is 28.6 Å². The van der Waals surface area contributed by atoms with Gasteiger partial charge in [-0.1, -0.05) is 58.9 Å². The van der Waals surface area contributed by atoms with Crippen LogP contribution >= 0.6 is 11.3 Å². The Kier molecular flexibility index (Phi) is 14.7. The summed E-state index contributed by atoms with van der Waals surface area (Å²) in [6, 6.07) is 13.2. The van der Waals surface area contributed by atoms with E-state index < -0.39 is 120 Å². The zero-order valence-electron chi connectivity index (χ0n) is 42.0. The highest BCUT2D eigenvalue weighted by atomic mass is 32.1. The highest BCUT2D eigenvalue weighted by Crippen LogP contribution is 2.65. The Morgan fingerprint density at radius 1 is 0.914 bits per heavy atom. The third-order valence-corrected chi connectivity index (χ3v) is 22.8. The number of amides is 1. The van der Waals surface area contributed by atoms with Gasteiger partial charge < -0.3 is 43.3 Å². The first-order chi connectivity index (χ1) is 33.2. The van der Waals surface area contributed by atoms with Crippen molar-refractivity contribution in [1.29, 1.82) is 0 Å². The van der Waals surface area contributed by atoms with Crippen LogP contribution in [0.1, 0.15) is 135 Å². The largest absolute Gasteiger partial charge is 0.457 e. The predicted octanol–water partition coefficient (Wildman–Crippen LogP) is 8.73. The van der Waals surface area contributed by atoms with Gasteiger partial charge in [0.1, 0.15) is 30.0 Å². The van der Waals surface area contributed by atoms with Crippen molar-refractivity contribution in [2.75, 3.05) is 6.61 Å². The second-order valence-electron chi connectivity index (χ2n) is 21.4. The summed E-state index contributed by atoms with van der Waals surface area (Å²) in [5.74, 6) is -6.20. The lowest BCUT2D eigenvalue weighted by atomic mass is 9.44. The summed E-state index contributed by atoms with van der Waals surface area (Å²) in [6.45, 7) is 15.8. The zero-order chi connectivity index (χ0) is 50.6. The van der Waals surface area contributed by atoms with E-state index in [1.165, 1.54) is 18.3 Å². The highest BCUT2D eigenvalue weighted by Gasteiger charge is 2.79. The second kappa shape index (κ2) is 19.9. The maximum Gasteiger partial charge on any atom is 0.407 e. The van der Waals surface area contributed by atoms with Crippen LogP contribution in [0.4, 0.5) is 4.79 Å². The summed E-state index contributed by atoms with van der Waals surface area (Å²) < 4.78 is 45.6. The summed E-state index contributed by atoms with van der Waals surface area (Å²) in [5, 5.41) is 19.0. The first-order valence-corrected chi connectivity index (χ1v) is 28.8. The van der Waals surface area contributed by atoms with Gasteiger partial charge in [0.15, 0.2) is 25.8 Å². The lowest BCUT2D eigenvalue weighted by Gasteiger charge is -2.68. The number of aliphatic hydroxyl groups is 1. The van der Waals surface area contributed by atoms with E-state index in [9.17, 15) is 29.1 Å². The minimum absolute atomic E-state index is 0.120. The van der Waals surface area contributed by atoms with Gasteiger partial charge in [0.25, 0.3) is 0 Å². The molecule has 5 fully saturated rings. The molecule has 2 bridgehead atoms. The van der Waals surface area contributed by atoms with Crippen LogP contribution in [0.3, 0.4) is 0 Å². The third-order valence-electron chi connectivity index (χ3n) is 17.2. The summed E-state index contributed by atoms with van der Waals surface area (Å²) in [4.78, 5) is 87.8. The molecular weight excluding hydrogens is 935 g/mol. The molecule has 1 saturated heterocycles. The van der Waals surface area contributed by atoms with Gasteiger partial charge in [0.2, 0.25) is 0 Å². The van der Waals surface area contributed by atoms with E-state index in [-0.39, 0.29) is 36.7 Å². The fourth-order valence-corrected chi connectivity index (χ4v) is 16.3. The number of rotatable bonds is 16. The van der Waals surface area contributed by atoms with Gasteiger partial charge in [-0.2, -0.15) is 0 Å². The second-order valence-corrected chi connectivity index (χ2v) is 27.1. The standard InChI is InChI=1S/C53H71NO14SSi/c1-10-70(11-2,12-3)68-38-27-39-52(29-62-39,67-32(6)55)43-45(66-48(59)33-19-14-13-15-20-33)53(61)28-36(30(4)40(50(53,7)8)42(44(56)51(38,43)9)65-47(58)34-24-25-34)64-46(57)31(5)41(37-23-18-26-69-37)54-49(60)63-35-21-16-17-22-35/h13-15,18-20,23,26,31,34-36,38-39,41-43,45,61H,10-12,16-17,21-22,24-25,27-29H2,1-9H3,(H,54,60)/t31-,36+,38+,39-,41-,42-,43?,45+,51-,52+,53-/m1/s1. The molecule has 8 rings (SSSR count). The molecule has 17 heteroatoms. The average molecular weight is 1010 g/mol. The SMILES string of the molecule is CC[Si](CC)(CC)O[C@H]1C[C@H]2OC[C@@]2(OC(C)=O)C2[C@H](OC(=O)c3ccccc3)[C@]3(O)C[C@H](OC(=O)[C@H](C)[C@@H](NC(=O)OC4CCCC4)c4cccs4)C(C)=C([C@@H](OC(=O)C4CC4)C(=O)[C@@]21C)C3(C)C. The Hall–Kier alpha value is -4.42. The Morgan fingerprint density at radius 3 is 2.16 bits per heavy atom. The van der Waals surface area contributed by atoms with E-state index in [0.717, 1.165) is 43.8 Å². The maximum absolute atomic E-state index is 16.6. The number of hydrogen-bond donors (Lipinski definition) is 2. The van der Waals surface area contributed by atoms with E-state index in [2.05, 4.69) is 26.1 Å². The molecule has 0 radical (unpaired) electrons. The molecule has 2 heterocycles. The molecular formula is C53H71NO14SSi. The molecule has 382 valence electrons. The molecule has 1 aromatic heterocycles. The number of Topliss-reactive ketones (excluding diaryl/α,β-unsaturated/α-hetero) is 1. The van der Waals surface area contributed by atoms with Crippen LogP contribution in [-0.4, -0.2) is 104 Å². The molecule has 11 atom stereocenters. The maximum atomic E-state index is 16.6. The van der Waals surface area contributed by atoms with E-state index in [4.69, 9.17) is 32.8 Å². The number of nitrogens with one attached hydrogen (secondary N) is 1. The average Bonchev–Trinajstić information content (AvgIpc) is 3.79. The third kappa shape index (κ3) is 9.08. The van der Waals surface area contributed by atoms with Crippen LogP contribution in [-0.2, 0) is 52.0 Å². The lowest BCUT2D eigenvalue weighted by Crippen LogP contribution is -2.82. The number of benzene rings is 1. The molecule has 4 saturated carbocycles. The van der Waals surface area contributed by atoms with Crippen molar-refractivity contribution in [2.45, 2.75) is 186 Å². The Balaban J connectivity index is 1.31. The molecule has 1 unspecified atom stereocenters. The molecule has 1 amide bonds. The van der Waals surface area contributed by atoms with Crippen LogP contribution in [0.25, 0.3) is 0 Å². The van der Waals surface area contributed by atoms with Crippen molar-refractivity contribution < 1.29 is 66.7 Å². The highest BCUT2D eigenvalue weighted by molar-refractivity contribution is 7.10. The molecule has 2 aromatic rings. The van der Waals surface area contributed by atoms with E-state index in [1.54, 1.807) is 65.0 Å². The van der Waals surface area contributed by atoms with E-state index >= 15 is 4.79 Å². The number of carbonyl (C=O) groups is 6. The number of thiophene rings is 1. The van der Waals surface area contributed by atoms with Gasteiger partial charge in [-0.05, 0) is 112 Å². The molecule has 1 aromatic carbocycles. The van der Waals surface area contributed by atoms with Crippen LogP contribution in [0.15, 0.2) is 59.0 Å². The first kappa shape index (κ1) is 51.9. The molecule has 6 aliphatic rings. The van der Waals surface area contributed by atoms with Gasteiger partial charge in [-0.3, -0.25) is 19.2 Å². The molecule has 5 aliphatic carbocycles. The van der Waals surface area contributed by atoms with Gasteiger partial charge in [0, 0.05) is 30.1 Å². The Morgan fingerprint density at radius 2 is 1.59 bits per heavy atom. The first-order valence-electron chi connectivity index (χ1n) is 25.3. The summed E-state index contributed by atoms with van der Waals surface area (Å²) in [5.41, 5.74) is -6.50. The van der Waals surface area contributed by atoms with E-state index in [1.807, 2.05) is 17.5 Å². The normalized spacial score (nSPS) is 32.4. The predicted molar refractivity (Wildman–Crippen MR) is 260 cm³/mol. The van der Waals surface area contributed by atoms with Crippen LogP contribution < -0.4 is 5.32 Å². The van der Waals surface area contributed by atoms with Crippen molar-refractivity contribution in [3.8, 4) is 0 Å². The van der Waals surface area contributed by atoms with Gasteiger partial charge in [-0.15, -0.1) is 11.3 Å². The lowest BCUT2D eigenvalue weighted by molar-refractivity contribution is -0.344. The number of hydrogen-bond acceptors (Lipinski definition) is 15. The van der Waals surface area contributed by atoms with Gasteiger partial charge >= 0.3 is 30.0 Å². The van der Waals surface area contributed by atoms with Crippen LogP contribution in [0.2, 0.25) is 18.1 Å². The van der Waals surface area contributed by atoms with Crippen molar-refractivity contribution in [1.82, 2.24) is 5.32 Å². The fourth-order valence-electron chi connectivity index (χ4n) is 12.4. The number of fused-ring (bicyclic) bond motifs is 5. The monoisotopic (exact) mass is 1010 g/mol. The number of ketones is 1. The van der Waals surface area contributed by atoms with Crippen molar-refractivity contribution >= 4 is 55.4 Å². The molecule has 70 heavy (non-hydrogen) atoms. The van der Waals surface area contributed by atoms with E-state index in [0.29, 0.717) is 23.3 Å². The van der Waals surface area contributed by atoms with Crippen molar-refractivity contribution in [2.24, 2.45) is 28.6 Å². The number of alkyl carbamates (subject to hydrolysis) is 1. The summed E-state index contributed by atoms with van der Waals surface area (Å²) in [6.07, 6.45) is -2.93. The molecule has 0 spiro atoms. The van der Waals surface area contributed by atoms with Gasteiger partial charge in [-0.25, -0.2) is 9.59 Å². The quantitative estimate of drug-likeness (QED) is 0.0700. The number of esters is 4. The zero-order valence-corrected chi connectivity index (χ0v) is 43.9. The number of ether oxygens (including phenoxy) is 6. The Labute approximate surface area is 416 Å². The van der Waals surface area contributed by atoms with Crippen molar-refractivity contribution in [3.63, 3.8) is 0 Å². The molecule has 2 N–H and O–H groups in total. The molecule has 1 aliphatic heterocycles. The summed E-state index contributed by atoms with van der Waals surface area (Å²) in [7, 11) is -2.61. The van der Waals surface area contributed by atoms with Crippen LogP contribution in [0.5, 0.6) is 0 Å². The number of carbonyl (C=O) groups excluding carboxylic acids is 6. The topological polar surface area (TPSA) is 199 Å². The summed E-state index contributed by atoms with van der Waals surface area (Å²) >= 11 is 1.35. The fraction of sp³-hybridized carbons (Fsp3) is 0.660. The minimum atomic E-state index is -2.61. The van der Waals surface area contributed by atoms with Crippen molar-refractivity contribution in [3.05, 3.63) is 69.4 Å². The smallest absolute Gasteiger partial charge is 0.407 e. The van der Waals surface area contributed by atoms with Gasteiger partial charge in [0.05, 0.1) is 47.5 Å².